The van der Waals surface area contributed by atoms with Crippen molar-refractivity contribution in [3.63, 3.8) is 0 Å². The van der Waals surface area contributed by atoms with Crippen LogP contribution in [0.25, 0.3) is 0 Å². The van der Waals surface area contributed by atoms with E-state index in [4.69, 9.17) is 5.73 Å². The van der Waals surface area contributed by atoms with Crippen molar-refractivity contribution in [3.05, 3.63) is 28.3 Å². The number of nitrogen functional groups attached to an aromatic ring is 1. The summed E-state index contributed by atoms with van der Waals surface area (Å²) in [7, 11) is 0. The molecule has 2 unspecified atom stereocenters. The van der Waals surface area contributed by atoms with Crippen molar-refractivity contribution < 1.29 is 4.92 Å². The van der Waals surface area contributed by atoms with E-state index in [9.17, 15) is 10.1 Å². The Morgan fingerprint density at radius 1 is 1.60 bits per heavy atom. The van der Waals surface area contributed by atoms with Gasteiger partial charge in [0.25, 0.3) is 5.69 Å². The summed E-state index contributed by atoms with van der Waals surface area (Å²) in [6, 6.07) is 5.24. The van der Waals surface area contributed by atoms with Crippen LogP contribution in [-0.4, -0.2) is 11.0 Å². The maximum Gasteiger partial charge on any atom is 0.292 e. The highest BCUT2D eigenvalue weighted by Crippen LogP contribution is 2.34. The summed E-state index contributed by atoms with van der Waals surface area (Å²) in [4.78, 5) is 10.1. The van der Waals surface area contributed by atoms with E-state index in [0.717, 1.165) is 12.1 Å². The Kier molecular flexibility index (Phi) is 2.22. The zero-order valence-corrected chi connectivity index (χ0v) is 8.43. The number of hydrogen-bond acceptors (Lipinski definition) is 4. The second-order valence-corrected chi connectivity index (χ2v) is 3.99. The maximum atomic E-state index is 10.5. The van der Waals surface area contributed by atoms with E-state index in [1.807, 2.05) is 0 Å². The van der Waals surface area contributed by atoms with Crippen molar-refractivity contribution in [1.82, 2.24) is 0 Å². The molecule has 3 N–H and O–H groups in total. The molecule has 80 valence electrons. The number of nitro benzene ring substituents is 1. The molecule has 15 heavy (non-hydrogen) atoms. The Morgan fingerprint density at radius 3 is 2.73 bits per heavy atom. The first-order valence-electron chi connectivity index (χ1n) is 4.88. The molecule has 0 aliphatic heterocycles. The van der Waals surface area contributed by atoms with E-state index in [1.54, 1.807) is 12.1 Å². The zero-order chi connectivity index (χ0) is 11.0. The molecule has 0 aromatic heterocycles. The number of rotatable bonds is 3. The van der Waals surface area contributed by atoms with Gasteiger partial charge in [0.1, 0.15) is 5.69 Å². The second kappa shape index (κ2) is 3.42. The monoisotopic (exact) mass is 207 g/mol. The van der Waals surface area contributed by atoms with Crippen LogP contribution in [0.1, 0.15) is 13.3 Å². The number of benzene rings is 1. The molecular weight excluding hydrogens is 194 g/mol. The van der Waals surface area contributed by atoms with Gasteiger partial charge in [-0.1, -0.05) is 6.92 Å². The molecule has 0 heterocycles. The molecule has 0 amide bonds. The van der Waals surface area contributed by atoms with Gasteiger partial charge in [-0.3, -0.25) is 10.1 Å². The van der Waals surface area contributed by atoms with Crippen LogP contribution in [0.2, 0.25) is 0 Å². The molecule has 5 nitrogen and oxygen atoms in total. The summed E-state index contributed by atoms with van der Waals surface area (Å²) in [6.45, 7) is 2.16. The zero-order valence-electron chi connectivity index (χ0n) is 8.43. The number of hydrogen-bond donors (Lipinski definition) is 2. The van der Waals surface area contributed by atoms with Gasteiger partial charge in [-0.05, 0) is 24.5 Å². The first-order chi connectivity index (χ1) is 7.08. The molecule has 1 aromatic rings. The molecule has 2 atom stereocenters. The molecule has 2 rings (SSSR count). The lowest BCUT2D eigenvalue weighted by atomic mass is 10.2. The Hall–Kier alpha value is -1.78. The average Bonchev–Trinajstić information content (AvgIpc) is 2.81. The molecule has 1 aliphatic carbocycles. The van der Waals surface area contributed by atoms with Gasteiger partial charge in [-0.25, -0.2) is 0 Å². The van der Waals surface area contributed by atoms with Crippen molar-refractivity contribution in [2.75, 3.05) is 11.1 Å². The Balaban J connectivity index is 2.14. The van der Waals surface area contributed by atoms with Crippen LogP contribution in [0, 0.1) is 16.0 Å². The molecule has 1 aromatic carbocycles. The summed E-state index contributed by atoms with van der Waals surface area (Å²) in [5.41, 5.74) is 6.59. The fourth-order valence-corrected chi connectivity index (χ4v) is 1.55. The quantitative estimate of drug-likeness (QED) is 0.451. The average molecular weight is 207 g/mol. The first-order valence-corrected chi connectivity index (χ1v) is 4.88. The minimum atomic E-state index is -0.473. The predicted molar refractivity (Wildman–Crippen MR) is 58.7 cm³/mol. The largest absolute Gasteiger partial charge is 0.393 e. The Morgan fingerprint density at radius 2 is 2.27 bits per heavy atom. The second-order valence-electron chi connectivity index (χ2n) is 3.99. The minimum absolute atomic E-state index is 0.0376. The third-order valence-corrected chi connectivity index (χ3v) is 2.69. The molecule has 0 bridgehead atoms. The van der Waals surface area contributed by atoms with Crippen molar-refractivity contribution >= 4 is 17.1 Å². The highest BCUT2D eigenvalue weighted by molar-refractivity contribution is 5.66. The third kappa shape index (κ3) is 2.01. The van der Waals surface area contributed by atoms with Crippen LogP contribution in [0.15, 0.2) is 18.2 Å². The van der Waals surface area contributed by atoms with Crippen LogP contribution >= 0.6 is 0 Å². The number of nitro groups is 1. The van der Waals surface area contributed by atoms with E-state index in [1.165, 1.54) is 6.07 Å². The van der Waals surface area contributed by atoms with Crippen LogP contribution in [-0.2, 0) is 0 Å². The SMILES string of the molecule is CC1CC1Nc1ccc([N+](=O)[O-])c(N)c1. The van der Waals surface area contributed by atoms with Gasteiger partial charge in [-0.15, -0.1) is 0 Å². The van der Waals surface area contributed by atoms with Gasteiger partial charge in [0, 0.05) is 17.8 Å². The van der Waals surface area contributed by atoms with Crippen LogP contribution in [0.5, 0.6) is 0 Å². The molecule has 0 radical (unpaired) electrons. The van der Waals surface area contributed by atoms with Gasteiger partial charge < -0.3 is 11.1 Å². The lowest BCUT2D eigenvalue weighted by molar-refractivity contribution is -0.383. The molecule has 0 saturated heterocycles. The van der Waals surface area contributed by atoms with Crippen molar-refractivity contribution in [1.29, 1.82) is 0 Å². The smallest absolute Gasteiger partial charge is 0.292 e. The third-order valence-electron chi connectivity index (χ3n) is 2.69. The normalized spacial score (nSPS) is 23.5. The minimum Gasteiger partial charge on any atom is -0.393 e. The molecule has 5 heteroatoms. The molecular formula is C10H13N3O2. The summed E-state index contributed by atoms with van der Waals surface area (Å²) < 4.78 is 0. The van der Waals surface area contributed by atoms with Crippen LogP contribution in [0.3, 0.4) is 0 Å². The van der Waals surface area contributed by atoms with E-state index < -0.39 is 4.92 Å². The van der Waals surface area contributed by atoms with E-state index in [-0.39, 0.29) is 11.4 Å². The number of anilines is 2. The van der Waals surface area contributed by atoms with Gasteiger partial charge in [0.05, 0.1) is 4.92 Å². The Bertz CT molecular complexity index is 406. The summed E-state index contributed by atoms with van der Waals surface area (Å²) in [5, 5.41) is 13.8. The molecule has 1 fully saturated rings. The van der Waals surface area contributed by atoms with E-state index >= 15 is 0 Å². The highest BCUT2D eigenvalue weighted by Gasteiger charge is 2.32. The summed E-state index contributed by atoms with van der Waals surface area (Å²) in [5.74, 6) is 0.682. The lowest BCUT2D eigenvalue weighted by Gasteiger charge is -2.05. The van der Waals surface area contributed by atoms with E-state index in [0.29, 0.717) is 12.0 Å². The van der Waals surface area contributed by atoms with Gasteiger partial charge in [0.2, 0.25) is 0 Å². The topological polar surface area (TPSA) is 81.2 Å². The van der Waals surface area contributed by atoms with Crippen molar-refractivity contribution in [2.45, 2.75) is 19.4 Å². The standard InChI is InChI=1S/C10H13N3O2/c1-6-4-9(6)12-7-2-3-10(13(14)15)8(11)5-7/h2-3,5-6,9,12H,4,11H2,1H3. The van der Waals surface area contributed by atoms with Gasteiger partial charge in [0.15, 0.2) is 0 Å². The number of nitrogens with one attached hydrogen (secondary N) is 1. The lowest BCUT2D eigenvalue weighted by Crippen LogP contribution is -2.04. The van der Waals surface area contributed by atoms with Gasteiger partial charge in [-0.2, -0.15) is 0 Å². The highest BCUT2D eigenvalue weighted by atomic mass is 16.6. The van der Waals surface area contributed by atoms with Crippen molar-refractivity contribution in [3.8, 4) is 0 Å². The number of nitrogens with zero attached hydrogens (tertiary/aromatic N) is 1. The Labute approximate surface area is 87.4 Å². The molecule has 1 saturated carbocycles. The van der Waals surface area contributed by atoms with Gasteiger partial charge >= 0.3 is 0 Å². The first kappa shape index (κ1) is 9.76. The van der Waals surface area contributed by atoms with Crippen LogP contribution < -0.4 is 11.1 Å². The van der Waals surface area contributed by atoms with Crippen LogP contribution in [0.4, 0.5) is 17.1 Å². The predicted octanol–water partition coefficient (Wildman–Crippen LogP) is 2.00. The molecule has 1 aliphatic rings. The van der Waals surface area contributed by atoms with Crippen molar-refractivity contribution in [2.24, 2.45) is 5.92 Å². The number of nitrogens with two attached hydrogens (primary N) is 1. The fraction of sp³-hybridized carbons (Fsp3) is 0.400. The fourth-order valence-electron chi connectivity index (χ4n) is 1.55. The summed E-state index contributed by atoms with van der Waals surface area (Å²) in [6.07, 6.45) is 1.15. The summed E-state index contributed by atoms with van der Waals surface area (Å²) >= 11 is 0. The maximum absolute atomic E-state index is 10.5. The molecule has 0 spiro atoms. The van der Waals surface area contributed by atoms with E-state index in [2.05, 4.69) is 12.2 Å².